The van der Waals surface area contributed by atoms with Crippen molar-refractivity contribution in [3.63, 3.8) is 0 Å². The minimum Gasteiger partial charge on any atom is -0.398 e. The Morgan fingerprint density at radius 1 is 1.38 bits per heavy atom. The van der Waals surface area contributed by atoms with Gasteiger partial charge in [-0.05, 0) is 42.9 Å². The third kappa shape index (κ3) is 2.90. The normalized spacial score (nSPS) is 23.8. The van der Waals surface area contributed by atoms with E-state index in [1.807, 2.05) is 18.2 Å². The molecule has 114 valence electrons. The van der Waals surface area contributed by atoms with Crippen LogP contribution in [0.3, 0.4) is 0 Å². The molecule has 0 spiro atoms. The Morgan fingerprint density at radius 3 is 2.90 bits per heavy atom. The number of carbonyl (C=O) groups is 1. The molecular weight excluding hydrogens is 288 g/mol. The fraction of sp³-hybridized carbons (Fsp3) is 0.533. The number of nitrogens with zero attached hydrogens (tertiary/aromatic N) is 1. The molecule has 2 aliphatic heterocycles. The zero-order valence-electron chi connectivity index (χ0n) is 11.9. The first-order valence-corrected chi connectivity index (χ1v) is 9.16. The van der Waals surface area contributed by atoms with E-state index in [-0.39, 0.29) is 23.3 Å². The number of hydrogen-bond acceptors (Lipinski definition) is 4. The lowest BCUT2D eigenvalue weighted by atomic mass is 9.98. The zero-order chi connectivity index (χ0) is 15.0. The highest BCUT2D eigenvalue weighted by Crippen LogP contribution is 2.32. The molecule has 0 radical (unpaired) electrons. The van der Waals surface area contributed by atoms with Crippen molar-refractivity contribution in [3.8, 4) is 0 Å². The van der Waals surface area contributed by atoms with Crippen molar-refractivity contribution in [1.82, 2.24) is 0 Å². The van der Waals surface area contributed by atoms with Gasteiger partial charge in [0, 0.05) is 24.3 Å². The largest absolute Gasteiger partial charge is 0.398 e. The van der Waals surface area contributed by atoms with Gasteiger partial charge in [-0.15, -0.1) is 0 Å². The smallest absolute Gasteiger partial charge is 0.227 e. The van der Waals surface area contributed by atoms with E-state index in [1.54, 1.807) is 4.90 Å². The average Bonchev–Trinajstić information content (AvgIpc) is 2.78. The molecule has 5 nitrogen and oxygen atoms in total. The molecule has 1 atom stereocenters. The van der Waals surface area contributed by atoms with Crippen LogP contribution in [-0.2, 0) is 21.1 Å². The number of sulfone groups is 1. The molecule has 0 saturated carbocycles. The number of rotatable bonds is 2. The summed E-state index contributed by atoms with van der Waals surface area (Å²) in [6.45, 7) is 0.689. The maximum absolute atomic E-state index is 12.5. The fourth-order valence-electron chi connectivity index (χ4n) is 3.30. The summed E-state index contributed by atoms with van der Waals surface area (Å²) < 4.78 is 23.0. The molecule has 21 heavy (non-hydrogen) atoms. The van der Waals surface area contributed by atoms with Gasteiger partial charge in [0.2, 0.25) is 5.91 Å². The van der Waals surface area contributed by atoms with Crippen LogP contribution in [-0.4, -0.2) is 32.4 Å². The van der Waals surface area contributed by atoms with E-state index in [2.05, 4.69) is 0 Å². The highest BCUT2D eigenvalue weighted by atomic mass is 32.2. The van der Waals surface area contributed by atoms with Crippen LogP contribution >= 0.6 is 0 Å². The number of nitrogen functional groups attached to an aromatic ring is 1. The Balaban J connectivity index is 1.77. The van der Waals surface area contributed by atoms with Crippen LogP contribution in [0.1, 0.15) is 24.8 Å². The molecule has 0 aliphatic carbocycles. The highest BCUT2D eigenvalue weighted by Gasteiger charge is 2.32. The number of fused-ring (bicyclic) bond motifs is 1. The first-order chi connectivity index (χ1) is 9.96. The van der Waals surface area contributed by atoms with Gasteiger partial charge < -0.3 is 10.6 Å². The van der Waals surface area contributed by atoms with E-state index in [4.69, 9.17) is 5.73 Å². The van der Waals surface area contributed by atoms with Crippen molar-refractivity contribution in [1.29, 1.82) is 0 Å². The molecule has 1 aromatic carbocycles. The summed E-state index contributed by atoms with van der Waals surface area (Å²) in [5.41, 5.74) is 8.65. The van der Waals surface area contributed by atoms with Gasteiger partial charge in [-0.2, -0.15) is 0 Å². The number of carbonyl (C=O) groups excluding carboxylic acids is 1. The molecule has 1 fully saturated rings. The number of benzene rings is 1. The highest BCUT2D eigenvalue weighted by molar-refractivity contribution is 7.91. The van der Waals surface area contributed by atoms with Gasteiger partial charge >= 0.3 is 0 Å². The molecule has 2 N–H and O–H groups in total. The number of anilines is 2. The van der Waals surface area contributed by atoms with Crippen LogP contribution in [0, 0.1) is 5.92 Å². The van der Waals surface area contributed by atoms with Gasteiger partial charge in [0.1, 0.15) is 0 Å². The minimum absolute atomic E-state index is 0.0173. The van der Waals surface area contributed by atoms with Crippen LogP contribution in [0.4, 0.5) is 11.4 Å². The van der Waals surface area contributed by atoms with Crippen molar-refractivity contribution >= 4 is 27.1 Å². The van der Waals surface area contributed by atoms with Gasteiger partial charge in [0.05, 0.1) is 11.5 Å². The Bertz CT molecular complexity index is 669. The summed E-state index contributed by atoms with van der Waals surface area (Å²) in [6.07, 6.45) is 2.71. The number of amides is 1. The Labute approximate surface area is 125 Å². The van der Waals surface area contributed by atoms with Crippen LogP contribution < -0.4 is 10.6 Å². The standard InChI is InChI=1S/C15H20N2O3S/c16-13-4-1-5-14-12(13)3-2-7-17(14)15(18)9-11-6-8-21(19,20)10-11/h1,4-5,11H,2-3,6-10,16H2. The second-order valence-corrected chi connectivity index (χ2v) is 8.20. The molecule has 2 aliphatic rings. The Hall–Kier alpha value is -1.56. The summed E-state index contributed by atoms with van der Waals surface area (Å²) in [5.74, 6) is 0.350. The second-order valence-electron chi connectivity index (χ2n) is 5.97. The lowest BCUT2D eigenvalue weighted by Crippen LogP contribution is -2.36. The van der Waals surface area contributed by atoms with Gasteiger partial charge in [-0.25, -0.2) is 8.42 Å². The first-order valence-electron chi connectivity index (χ1n) is 7.34. The molecular formula is C15H20N2O3S. The number of hydrogen-bond donors (Lipinski definition) is 1. The van der Waals surface area contributed by atoms with Gasteiger partial charge in [0.25, 0.3) is 0 Å². The zero-order valence-corrected chi connectivity index (χ0v) is 12.7. The first kappa shape index (κ1) is 14.4. The van der Waals surface area contributed by atoms with E-state index in [0.717, 1.165) is 29.8 Å². The summed E-state index contributed by atoms with van der Waals surface area (Å²) >= 11 is 0. The fourth-order valence-corrected chi connectivity index (χ4v) is 5.16. The van der Waals surface area contributed by atoms with Crippen LogP contribution in [0.15, 0.2) is 18.2 Å². The molecule has 1 unspecified atom stereocenters. The SMILES string of the molecule is Nc1cccc2c1CCCN2C(=O)CC1CCS(=O)(=O)C1. The molecule has 1 saturated heterocycles. The summed E-state index contributed by atoms with van der Waals surface area (Å²) in [6, 6.07) is 5.64. The van der Waals surface area contributed by atoms with Gasteiger partial charge in [0.15, 0.2) is 9.84 Å². The topological polar surface area (TPSA) is 80.5 Å². The third-order valence-corrected chi connectivity index (χ3v) is 6.21. The summed E-state index contributed by atoms with van der Waals surface area (Å²) in [4.78, 5) is 14.3. The Morgan fingerprint density at radius 2 is 2.19 bits per heavy atom. The molecule has 0 bridgehead atoms. The monoisotopic (exact) mass is 308 g/mol. The molecule has 1 aromatic rings. The van der Waals surface area contributed by atoms with Crippen LogP contribution in [0.2, 0.25) is 0 Å². The maximum atomic E-state index is 12.5. The van der Waals surface area contributed by atoms with E-state index < -0.39 is 9.84 Å². The van der Waals surface area contributed by atoms with E-state index >= 15 is 0 Å². The quantitative estimate of drug-likeness (QED) is 0.837. The molecule has 1 amide bonds. The van der Waals surface area contributed by atoms with Crippen molar-refractivity contribution in [2.24, 2.45) is 5.92 Å². The van der Waals surface area contributed by atoms with Crippen LogP contribution in [0.25, 0.3) is 0 Å². The van der Waals surface area contributed by atoms with E-state index in [1.165, 1.54) is 0 Å². The van der Waals surface area contributed by atoms with E-state index in [9.17, 15) is 13.2 Å². The number of nitrogens with two attached hydrogens (primary N) is 1. The van der Waals surface area contributed by atoms with Crippen molar-refractivity contribution in [3.05, 3.63) is 23.8 Å². The van der Waals surface area contributed by atoms with Crippen molar-refractivity contribution < 1.29 is 13.2 Å². The van der Waals surface area contributed by atoms with Gasteiger partial charge in [-0.3, -0.25) is 4.79 Å². The second kappa shape index (κ2) is 5.33. The minimum atomic E-state index is -2.93. The summed E-state index contributed by atoms with van der Waals surface area (Å²) in [7, 11) is -2.93. The maximum Gasteiger partial charge on any atom is 0.227 e. The van der Waals surface area contributed by atoms with Crippen LogP contribution in [0.5, 0.6) is 0 Å². The molecule has 0 aromatic heterocycles. The van der Waals surface area contributed by atoms with Crippen molar-refractivity contribution in [2.45, 2.75) is 25.7 Å². The molecule has 6 heteroatoms. The lowest BCUT2D eigenvalue weighted by molar-refractivity contribution is -0.119. The Kier molecular flexibility index (Phi) is 3.65. The third-order valence-electron chi connectivity index (χ3n) is 4.38. The van der Waals surface area contributed by atoms with Crippen molar-refractivity contribution in [2.75, 3.05) is 28.7 Å². The average molecular weight is 308 g/mol. The predicted molar refractivity (Wildman–Crippen MR) is 82.9 cm³/mol. The van der Waals surface area contributed by atoms with E-state index in [0.29, 0.717) is 19.4 Å². The van der Waals surface area contributed by atoms with Gasteiger partial charge in [-0.1, -0.05) is 6.07 Å². The molecule has 3 rings (SSSR count). The molecule has 2 heterocycles. The lowest BCUT2D eigenvalue weighted by Gasteiger charge is -2.31. The predicted octanol–water partition coefficient (Wildman–Crippen LogP) is 1.37. The summed E-state index contributed by atoms with van der Waals surface area (Å²) in [5, 5.41) is 0.